The molecule has 2 atom stereocenters. The van der Waals surface area contributed by atoms with Crippen LogP contribution in [-0.2, 0) is 28.6 Å². The van der Waals surface area contributed by atoms with E-state index in [-0.39, 0.29) is 36.1 Å². The van der Waals surface area contributed by atoms with Crippen molar-refractivity contribution < 1.29 is 33.3 Å². The van der Waals surface area contributed by atoms with Crippen molar-refractivity contribution in [2.24, 2.45) is 5.92 Å². The summed E-state index contributed by atoms with van der Waals surface area (Å²) in [6.45, 7) is 1.73. The van der Waals surface area contributed by atoms with Gasteiger partial charge >= 0.3 is 5.97 Å². The summed E-state index contributed by atoms with van der Waals surface area (Å²) < 4.78 is 21.5. The van der Waals surface area contributed by atoms with Crippen molar-refractivity contribution in [3.63, 3.8) is 0 Å². The van der Waals surface area contributed by atoms with Crippen molar-refractivity contribution in [1.82, 2.24) is 0 Å². The molecule has 1 aliphatic carbocycles. The van der Waals surface area contributed by atoms with E-state index < -0.39 is 17.5 Å². The first-order valence-electron chi connectivity index (χ1n) is 8.49. The van der Waals surface area contributed by atoms with E-state index in [2.05, 4.69) is 0 Å². The Kier molecular flexibility index (Phi) is 5.03. The van der Waals surface area contributed by atoms with Crippen molar-refractivity contribution in [3.8, 4) is 5.75 Å². The lowest BCUT2D eigenvalue weighted by Gasteiger charge is -2.42. The lowest BCUT2D eigenvalue weighted by molar-refractivity contribution is -0.176. The first-order chi connectivity index (χ1) is 12.9. The highest BCUT2D eigenvalue weighted by Gasteiger charge is 2.60. The molecular formula is C20H20O7. The number of allylic oxidation sites excluding steroid dienone is 2. The molecule has 0 aromatic heterocycles. The summed E-state index contributed by atoms with van der Waals surface area (Å²) in [7, 11) is 2.89. The van der Waals surface area contributed by atoms with Gasteiger partial charge in [-0.2, -0.15) is 0 Å². The van der Waals surface area contributed by atoms with Gasteiger partial charge in [0.25, 0.3) is 0 Å². The quantitative estimate of drug-likeness (QED) is 0.731. The van der Waals surface area contributed by atoms with E-state index in [1.54, 1.807) is 38.3 Å². The number of carbonyl (C=O) groups excluding carboxylic acids is 3. The van der Waals surface area contributed by atoms with E-state index in [9.17, 15) is 14.4 Å². The Morgan fingerprint density at radius 3 is 2.44 bits per heavy atom. The number of ketones is 2. The Balaban J connectivity index is 2.09. The maximum atomic E-state index is 12.9. The molecule has 1 aromatic carbocycles. The molecule has 7 nitrogen and oxygen atoms in total. The molecule has 2 aliphatic rings. The summed E-state index contributed by atoms with van der Waals surface area (Å²) in [5.41, 5.74) is -1.21. The van der Waals surface area contributed by atoms with Crippen LogP contribution in [-0.4, -0.2) is 44.0 Å². The molecule has 0 saturated carbocycles. The highest BCUT2D eigenvalue weighted by atomic mass is 16.6. The SMILES string of the molecule is CCOC(=O)[C@]12CC(=O)C=C(OC)[C@H]1C(=O)C=C(c1ccc(OC)cc1)O2. The highest BCUT2D eigenvalue weighted by Crippen LogP contribution is 2.44. The molecule has 1 aliphatic heterocycles. The summed E-state index contributed by atoms with van der Waals surface area (Å²) in [6.07, 6.45) is 2.24. The minimum Gasteiger partial charge on any atom is -0.500 e. The number of hydrogen-bond donors (Lipinski definition) is 0. The van der Waals surface area contributed by atoms with E-state index in [4.69, 9.17) is 18.9 Å². The third kappa shape index (κ3) is 3.20. The van der Waals surface area contributed by atoms with Gasteiger partial charge in [0, 0.05) is 17.7 Å². The smallest absolute Gasteiger partial charge is 0.352 e. The third-order valence-electron chi connectivity index (χ3n) is 4.57. The van der Waals surface area contributed by atoms with Crippen LogP contribution in [0.3, 0.4) is 0 Å². The monoisotopic (exact) mass is 372 g/mol. The normalized spacial score (nSPS) is 24.2. The standard InChI is InChI=1S/C20H20O7/c1-4-26-19(23)20-11-13(21)9-17(25-3)18(20)15(22)10-16(27-20)12-5-7-14(24-2)8-6-12/h5-10,18H,4,11H2,1-3H3/t18-,20+/m1/s1. The number of carbonyl (C=O) groups is 3. The number of esters is 1. The Morgan fingerprint density at radius 2 is 1.85 bits per heavy atom. The van der Waals surface area contributed by atoms with Gasteiger partial charge in [-0.3, -0.25) is 9.59 Å². The van der Waals surface area contributed by atoms with Gasteiger partial charge in [0.1, 0.15) is 23.2 Å². The number of methoxy groups -OCH3 is 2. The average molecular weight is 372 g/mol. The van der Waals surface area contributed by atoms with Crippen LogP contribution in [0.25, 0.3) is 5.76 Å². The summed E-state index contributed by atoms with van der Waals surface area (Å²) in [4.78, 5) is 37.9. The molecule has 7 heteroatoms. The predicted octanol–water partition coefficient (Wildman–Crippen LogP) is 2.06. The molecule has 142 valence electrons. The number of fused-ring (bicyclic) bond motifs is 1. The minimum atomic E-state index is -1.78. The average Bonchev–Trinajstić information content (AvgIpc) is 2.67. The summed E-state index contributed by atoms with van der Waals surface area (Å²) in [5.74, 6) is -1.68. The second-order valence-corrected chi connectivity index (χ2v) is 6.18. The number of hydrogen-bond acceptors (Lipinski definition) is 7. The lowest BCUT2D eigenvalue weighted by atomic mass is 9.73. The van der Waals surface area contributed by atoms with Crippen LogP contribution in [0.15, 0.2) is 42.2 Å². The van der Waals surface area contributed by atoms with Crippen molar-refractivity contribution >= 4 is 23.3 Å². The maximum Gasteiger partial charge on any atom is 0.352 e. The van der Waals surface area contributed by atoms with Crippen molar-refractivity contribution in [1.29, 1.82) is 0 Å². The summed E-state index contributed by atoms with van der Waals surface area (Å²) in [5, 5.41) is 0. The number of benzene rings is 1. The maximum absolute atomic E-state index is 12.9. The van der Waals surface area contributed by atoms with Gasteiger partial charge in [0.15, 0.2) is 11.6 Å². The van der Waals surface area contributed by atoms with Crippen LogP contribution >= 0.6 is 0 Å². The Bertz CT molecular complexity index is 834. The molecule has 0 fully saturated rings. The van der Waals surface area contributed by atoms with E-state index in [0.29, 0.717) is 11.3 Å². The van der Waals surface area contributed by atoms with Crippen molar-refractivity contribution in [2.45, 2.75) is 18.9 Å². The zero-order valence-electron chi connectivity index (χ0n) is 15.3. The van der Waals surface area contributed by atoms with Crippen LogP contribution in [0.1, 0.15) is 18.9 Å². The zero-order chi connectivity index (χ0) is 19.6. The van der Waals surface area contributed by atoms with Gasteiger partial charge in [0.05, 0.1) is 27.2 Å². The molecule has 0 saturated heterocycles. The number of rotatable bonds is 5. The molecule has 1 aromatic rings. The molecule has 0 unspecified atom stereocenters. The van der Waals surface area contributed by atoms with Gasteiger partial charge in [-0.1, -0.05) is 0 Å². The molecule has 27 heavy (non-hydrogen) atoms. The fourth-order valence-electron chi connectivity index (χ4n) is 3.35. The minimum absolute atomic E-state index is 0.0899. The second kappa shape index (κ2) is 7.26. The Labute approximate surface area is 156 Å². The van der Waals surface area contributed by atoms with Crippen LogP contribution in [0.2, 0.25) is 0 Å². The second-order valence-electron chi connectivity index (χ2n) is 6.18. The van der Waals surface area contributed by atoms with Gasteiger partial charge in [-0.15, -0.1) is 0 Å². The van der Waals surface area contributed by atoms with E-state index in [1.165, 1.54) is 19.3 Å². The van der Waals surface area contributed by atoms with E-state index in [1.807, 2.05) is 0 Å². The molecular weight excluding hydrogens is 352 g/mol. The Morgan fingerprint density at radius 1 is 1.15 bits per heavy atom. The van der Waals surface area contributed by atoms with Crippen LogP contribution in [0, 0.1) is 5.92 Å². The molecule has 0 amide bonds. The zero-order valence-corrected chi connectivity index (χ0v) is 15.3. The summed E-state index contributed by atoms with van der Waals surface area (Å²) >= 11 is 0. The number of ether oxygens (including phenoxy) is 4. The van der Waals surface area contributed by atoms with Crippen molar-refractivity contribution in [2.75, 3.05) is 20.8 Å². The third-order valence-corrected chi connectivity index (χ3v) is 4.57. The Hall–Kier alpha value is -3.09. The first-order valence-corrected chi connectivity index (χ1v) is 8.49. The molecule has 1 heterocycles. The van der Waals surface area contributed by atoms with Crippen LogP contribution in [0.5, 0.6) is 5.75 Å². The molecule has 0 spiro atoms. The van der Waals surface area contributed by atoms with Crippen LogP contribution in [0.4, 0.5) is 0 Å². The summed E-state index contributed by atoms with van der Waals surface area (Å²) in [6, 6.07) is 6.82. The fourth-order valence-corrected chi connectivity index (χ4v) is 3.35. The van der Waals surface area contributed by atoms with Gasteiger partial charge < -0.3 is 18.9 Å². The fraction of sp³-hybridized carbons (Fsp3) is 0.350. The molecule has 0 radical (unpaired) electrons. The van der Waals surface area contributed by atoms with Crippen LogP contribution < -0.4 is 4.74 Å². The highest BCUT2D eigenvalue weighted by molar-refractivity contribution is 6.09. The molecule has 0 N–H and O–H groups in total. The largest absolute Gasteiger partial charge is 0.500 e. The molecule has 3 rings (SSSR count). The van der Waals surface area contributed by atoms with Gasteiger partial charge in [-0.25, -0.2) is 4.79 Å². The van der Waals surface area contributed by atoms with E-state index in [0.717, 1.165) is 0 Å². The first kappa shape index (κ1) is 18.7. The topological polar surface area (TPSA) is 88.1 Å². The lowest BCUT2D eigenvalue weighted by Crippen LogP contribution is -2.57. The van der Waals surface area contributed by atoms with Gasteiger partial charge in [-0.05, 0) is 31.2 Å². The van der Waals surface area contributed by atoms with Crippen molar-refractivity contribution in [3.05, 3.63) is 47.7 Å². The van der Waals surface area contributed by atoms with Gasteiger partial charge in [0.2, 0.25) is 5.60 Å². The molecule has 0 bridgehead atoms. The predicted molar refractivity (Wildman–Crippen MR) is 94.6 cm³/mol. The van der Waals surface area contributed by atoms with E-state index >= 15 is 0 Å².